The smallest absolute Gasteiger partial charge is 0.226 e. The van der Waals surface area contributed by atoms with Crippen molar-refractivity contribution >= 4 is 23.2 Å². The highest BCUT2D eigenvalue weighted by molar-refractivity contribution is 6.30. The third-order valence-electron chi connectivity index (χ3n) is 3.98. The van der Waals surface area contributed by atoms with E-state index in [2.05, 4.69) is 52.7 Å². The summed E-state index contributed by atoms with van der Waals surface area (Å²) in [6.45, 7) is 2.08. The molecule has 5 heteroatoms. The molecule has 0 saturated carbocycles. The van der Waals surface area contributed by atoms with Crippen molar-refractivity contribution < 1.29 is 0 Å². The van der Waals surface area contributed by atoms with Crippen LogP contribution in [0.4, 0.5) is 5.95 Å². The minimum Gasteiger partial charge on any atom is -0.324 e. The van der Waals surface area contributed by atoms with Crippen LogP contribution in [0.2, 0.25) is 5.02 Å². The summed E-state index contributed by atoms with van der Waals surface area (Å²) in [4.78, 5) is 4.32. The molecule has 23 heavy (non-hydrogen) atoms. The summed E-state index contributed by atoms with van der Waals surface area (Å²) in [5.74, 6) is 0.739. The van der Waals surface area contributed by atoms with Gasteiger partial charge in [0.15, 0.2) is 0 Å². The lowest BCUT2D eigenvalue weighted by atomic mass is 10.0. The Labute approximate surface area is 139 Å². The molecule has 1 atom stereocenters. The number of hydrogen-bond donors (Lipinski definition) is 1. The molecule has 2 aromatic carbocycles. The van der Waals surface area contributed by atoms with Gasteiger partial charge >= 0.3 is 0 Å². The molecule has 0 spiro atoms. The predicted octanol–water partition coefficient (Wildman–Crippen LogP) is 4.30. The second-order valence-corrected chi connectivity index (χ2v) is 6.03. The zero-order valence-electron chi connectivity index (χ0n) is 12.6. The molecule has 0 bridgehead atoms. The van der Waals surface area contributed by atoms with Gasteiger partial charge in [-0.05, 0) is 36.3 Å². The Bertz CT molecular complexity index is 863. The number of anilines is 1. The minimum atomic E-state index is -0.0117. The van der Waals surface area contributed by atoms with Gasteiger partial charge in [0.2, 0.25) is 5.95 Å². The molecule has 3 aromatic rings. The van der Waals surface area contributed by atoms with E-state index < -0.39 is 0 Å². The van der Waals surface area contributed by atoms with Crippen LogP contribution < -0.4 is 5.32 Å². The first-order valence-electron chi connectivity index (χ1n) is 7.41. The van der Waals surface area contributed by atoms with E-state index in [1.165, 1.54) is 5.56 Å². The van der Waals surface area contributed by atoms with Crippen LogP contribution in [0.1, 0.15) is 22.7 Å². The Hall–Kier alpha value is -2.59. The van der Waals surface area contributed by atoms with Gasteiger partial charge < -0.3 is 5.32 Å². The van der Waals surface area contributed by atoms with E-state index in [9.17, 15) is 0 Å². The van der Waals surface area contributed by atoms with Crippen LogP contribution in [0.5, 0.6) is 0 Å². The van der Waals surface area contributed by atoms with Crippen LogP contribution >= 0.6 is 11.6 Å². The van der Waals surface area contributed by atoms with Gasteiger partial charge in [0, 0.05) is 10.7 Å². The molecular formula is C18H15ClN4. The lowest BCUT2D eigenvalue weighted by Crippen LogP contribution is -2.20. The molecule has 0 radical (unpaired) electrons. The summed E-state index contributed by atoms with van der Waals surface area (Å²) in [6.07, 6.45) is 3.73. The maximum atomic E-state index is 6.01. The van der Waals surface area contributed by atoms with Gasteiger partial charge in [-0.25, -0.2) is 4.68 Å². The zero-order valence-corrected chi connectivity index (χ0v) is 13.3. The molecule has 1 aliphatic rings. The highest BCUT2D eigenvalue weighted by Crippen LogP contribution is 2.32. The first-order chi connectivity index (χ1) is 11.2. The van der Waals surface area contributed by atoms with E-state index >= 15 is 0 Å². The quantitative estimate of drug-likeness (QED) is 0.765. The number of nitrogens with one attached hydrogen (secondary N) is 1. The van der Waals surface area contributed by atoms with Crippen LogP contribution in [0.3, 0.4) is 0 Å². The predicted molar refractivity (Wildman–Crippen MR) is 92.4 cm³/mol. The Morgan fingerprint density at radius 2 is 1.78 bits per heavy atom. The summed E-state index contributed by atoms with van der Waals surface area (Å²) in [5, 5.41) is 8.42. The number of fused-ring (bicyclic) bond motifs is 1. The minimum absolute atomic E-state index is 0.0117. The lowest BCUT2D eigenvalue weighted by molar-refractivity contribution is 0.612. The molecular weight excluding hydrogens is 308 g/mol. The van der Waals surface area contributed by atoms with Gasteiger partial charge in [-0.1, -0.05) is 53.6 Å². The monoisotopic (exact) mass is 322 g/mol. The van der Waals surface area contributed by atoms with E-state index in [-0.39, 0.29) is 6.04 Å². The van der Waals surface area contributed by atoms with E-state index in [1.54, 1.807) is 6.33 Å². The van der Waals surface area contributed by atoms with E-state index in [0.717, 1.165) is 27.8 Å². The Morgan fingerprint density at radius 1 is 1.04 bits per heavy atom. The highest BCUT2D eigenvalue weighted by Gasteiger charge is 2.23. The number of hydrogen-bond acceptors (Lipinski definition) is 3. The van der Waals surface area contributed by atoms with Crippen LogP contribution in [0.25, 0.3) is 5.70 Å². The average molecular weight is 323 g/mol. The van der Waals surface area contributed by atoms with Gasteiger partial charge in [-0.3, -0.25) is 0 Å². The summed E-state index contributed by atoms with van der Waals surface area (Å²) < 4.78 is 1.88. The molecule has 114 valence electrons. The van der Waals surface area contributed by atoms with Gasteiger partial charge in [0.1, 0.15) is 12.4 Å². The van der Waals surface area contributed by atoms with Gasteiger partial charge in [-0.15, -0.1) is 0 Å². The number of rotatable bonds is 2. The summed E-state index contributed by atoms with van der Waals surface area (Å²) >= 11 is 6.01. The number of nitrogens with zero attached hydrogens (tertiary/aromatic N) is 3. The summed E-state index contributed by atoms with van der Waals surface area (Å²) in [6, 6.07) is 16.3. The van der Waals surface area contributed by atoms with E-state index in [4.69, 9.17) is 11.6 Å². The standard InChI is InChI=1S/C18H15ClN4/c1-12-2-4-13(5-3-12)16-10-17(14-6-8-15(19)9-7-14)23-18(22-16)20-11-21-23/h2-11,17H,1H3,(H,20,21,22)/t17-/m0/s1. The Balaban J connectivity index is 1.79. The number of halogens is 1. The van der Waals surface area contributed by atoms with Crippen LogP contribution in [0, 0.1) is 6.92 Å². The van der Waals surface area contributed by atoms with Gasteiger partial charge in [0.05, 0.1) is 0 Å². The fourth-order valence-corrected chi connectivity index (χ4v) is 2.86. The average Bonchev–Trinajstić information content (AvgIpc) is 3.04. The molecule has 0 aliphatic carbocycles. The van der Waals surface area contributed by atoms with Crippen molar-refractivity contribution in [1.29, 1.82) is 0 Å². The number of allylic oxidation sites excluding steroid dienone is 1. The molecule has 0 unspecified atom stereocenters. The molecule has 0 fully saturated rings. The molecule has 1 aromatic heterocycles. The second-order valence-electron chi connectivity index (χ2n) is 5.60. The summed E-state index contributed by atoms with van der Waals surface area (Å²) in [7, 11) is 0. The van der Waals surface area contributed by atoms with Crippen molar-refractivity contribution in [3.8, 4) is 0 Å². The van der Waals surface area contributed by atoms with Crippen molar-refractivity contribution in [3.05, 3.63) is 82.6 Å². The zero-order chi connectivity index (χ0) is 15.8. The topological polar surface area (TPSA) is 42.7 Å². The van der Waals surface area contributed by atoms with Gasteiger partial charge in [0.25, 0.3) is 0 Å². The molecule has 1 aliphatic heterocycles. The molecule has 2 heterocycles. The first-order valence-corrected chi connectivity index (χ1v) is 7.79. The molecule has 0 saturated heterocycles. The largest absolute Gasteiger partial charge is 0.324 e. The maximum Gasteiger partial charge on any atom is 0.226 e. The van der Waals surface area contributed by atoms with Crippen molar-refractivity contribution in [2.45, 2.75) is 13.0 Å². The Morgan fingerprint density at radius 3 is 2.52 bits per heavy atom. The maximum absolute atomic E-state index is 6.01. The third-order valence-corrected chi connectivity index (χ3v) is 4.23. The molecule has 4 rings (SSSR count). The molecule has 1 N–H and O–H groups in total. The van der Waals surface area contributed by atoms with Crippen molar-refractivity contribution in [2.75, 3.05) is 5.32 Å². The normalized spacial score (nSPS) is 16.4. The van der Waals surface area contributed by atoms with Crippen molar-refractivity contribution in [3.63, 3.8) is 0 Å². The molecule has 4 nitrogen and oxygen atoms in total. The Kier molecular flexibility index (Phi) is 3.39. The number of benzene rings is 2. The fourth-order valence-electron chi connectivity index (χ4n) is 2.73. The third kappa shape index (κ3) is 2.62. The van der Waals surface area contributed by atoms with Crippen LogP contribution in [-0.4, -0.2) is 14.8 Å². The summed E-state index contributed by atoms with van der Waals surface area (Å²) in [5.41, 5.74) is 4.52. The SMILES string of the molecule is Cc1ccc(C2=C[C@@H](c3ccc(Cl)cc3)n3ncnc3N2)cc1. The second kappa shape index (κ2) is 5.56. The number of aryl methyl sites for hydroxylation is 1. The molecule has 0 amide bonds. The van der Waals surface area contributed by atoms with Crippen LogP contribution in [-0.2, 0) is 0 Å². The first kappa shape index (κ1) is 14.0. The van der Waals surface area contributed by atoms with Crippen molar-refractivity contribution in [2.24, 2.45) is 0 Å². The number of aromatic nitrogens is 3. The fraction of sp³-hybridized carbons (Fsp3) is 0.111. The van der Waals surface area contributed by atoms with E-state index in [1.807, 2.05) is 28.9 Å². The highest BCUT2D eigenvalue weighted by atomic mass is 35.5. The van der Waals surface area contributed by atoms with Gasteiger partial charge in [-0.2, -0.15) is 10.1 Å². The lowest BCUT2D eigenvalue weighted by Gasteiger charge is -2.24. The van der Waals surface area contributed by atoms with Crippen LogP contribution in [0.15, 0.2) is 60.9 Å². The van der Waals surface area contributed by atoms with E-state index in [0.29, 0.717) is 0 Å². The van der Waals surface area contributed by atoms with Crippen molar-refractivity contribution in [1.82, 2.24) is 14.8 Å².